The van der Waals surface area contributed by atoms with E-state index in [2.05, 4.69) is 10.6 Å². The molecule has 1 fully saturated rings. The number of piperidine rings is 1. The molecule has 1 atom stereocenters. The van der Waals surface area contributed by atoms with E-state index in [1.54, 1.807) is 0 Å². The molecule has 0 aliphatic carbocycles. The van der Waals surface area contributed by atoms with Crippen molar-refractivity contribution in [3.63, 3.8) is 0 Å². The van der Waals surface area contributed by atoms with Crippen LogP contribution in [0.4, 0.5) is 8.78 Å². The highest BCUT2D eigenvalue weighted by atomic mass is 19.1. The summed E-state index contributed by atoms with van der Waals surface area (Å²) in [5.41, 5.74) is -0.211. The maximum Gasteiger partial charge on any atom is 0.257 e. The molecule has 3 nitrogen and oxygen atoms in total. The average Bonchev–Trinajstić information content (AvgIpc) is 2.44. The third-order valence-electron chi connectivity index (χ3n) is 3.96. The second kappa shape index (κ2) is 6.31. The highest BCUT2D eigenvalue weighted by molar-refractivity contribution is 5.95. The van der Waals surface area contributed by atoms with Gasteiger partial charge >= 0.3 is 0 Å². The molecule has 1 aromatic carbocycles. The summed E-state index contributed by atoms with van der Waals surface area (Å²) in [6.45, 7) is 5.23. The molecule has 1 amide bonds. The second-order valence-electron chi connectivity index (χ2n) is 5.40. The Bertz CT molecular complexity index is 499. The van der Waals surface area contributed by atoms with Crippen molar-refractivity contribution in [1.29, 1.82) is 0 Å². The minimum atomic E-state index is -0.817. The van der Waals surface area contributed by atoms with Crippen LogP contribution in [0.15, 0.2) is 12.1 Å². The van der Waals surface area contributed by atoms with E-state index in [4.69, 9.17) is 0 Å². The predicted molar refractivity (Wildman–Crippen MR) is 73.6 cm³/mol. The first-order chi connectivity index (χ1) is 9.50. The zero-order chi connectivity index (χ0) is 14.7. The van der Waals surface area contributed by atoms with Gasteiger partial charge in [0.15, 0.2) is 0 Å². The summed E-state index contributed by atoms with van der Waals surface area (Å²) in [5, 5.41) is 5.98. The monoisotopic (exact) mass is 282 g/mol. The van der Waals surface area contributed by atoms with Gasteiger partial charge in [-0.05, 0) is 57.3 Å². The fourth-order valence-corrected chi connectivity index (χ4v) is 2.61. The Balaban J connectivity index is 2.10. The van der Waals surface area contributed by atoms with E-state index in [1.807, 2.05) is 6.92 Å². The molecule has 110 valence electrons. The molecule has 1 aliphatic heterocycles. The number of halogens is 2. The molecule has 20 heavy (non-hydrogen) atoms. The standard InChI is InChI=1S/C15H20F2N2O/c1-9-3-4-12(16)13(14(9)17)15(20)19-10(2)11-5-7-18-8-6-11/h3-4,10-11,18H,5-8H2,1-2H3,(H,19,20). The third kappa shape index (κ3) is 3.15. The van der Waals surface area contributed by atoms with Crippen molar-refractivity contribution in [2.24, 2.45) is 5.92 Å². The Morgan fingerprint density at radius 2 is 2.00 bits per heavy atom. The normalized spacial score (nSPS) is 17.8. The van der Waals surface area contributed by atoms with Gasteiger partial charge in [-0.2, -0.15) is 0 Å². The number of carbonyl (C=O) groups excluding carboxylic acids is 1. The van der Waals surface area contributed by atoms with Crippen molar-refractivity contribution >= 4 is 5.91 Å². The summed E-state index contributed by atoms with van der Waals surface area (Å²) >= 11 is 0. The molecule has 0 radical (unpaired) electrons. The van der Waals surface area contributed by atoms with Crippen LogP contribution in [-0.2, 0) is 0 Å². The van der Waals surface area contributed by atoms with Gasteiger partial charge in [-0.1, -0.05) is 6.07 Å². The van der Waals surface area contributed by atoms with E-state index < -0.39 is 23.1 Å². The molecule has 5 heteroatoms. The van der Waals surface area contributed by atoms with E-state index in [9.17, 15) is 13.6 Å². The Morgan fingerprint density at radius 1 is 1.35 bits per heavy atom. The zero-order valence-electron chi connectivity index (χ0n) is 11.8. The highest BCUT2D eigenvalue weighted by Crippen LogP contribution is 2.19. The fraction of sp³-hybridized carbons (Fsp3) is 0.533. The van der Waals surface area contributed by atoms with Crippen molar-refractivity contribution in [3.8, 4) is 0 Å². The average molecular weight is 282 g/mol. The smallest absolute Gasteiger partial charge is 0.257 e. The number of nitrogens with one attached hydrogen (secondary N) is 2. The first-order valence-electron chi connectivity index (χ1n) is 6.97. The lowest BCUT2D eigenvalue weighted by Crippen LogP contribution is -2.43. The van der Waals surface area contributed by atoms with Crippen molar-refractivity contribution < 1.29 is 13.6 Å². The van der Waals surface area contributed by atoms with Crippen molar-refractivity contribution in [3.05, 3.63) is 34.9 Å². The number of benzene rings is 1. The largest absolute Gasteiger partial charge is 0.349 e. The second-order valence-corrected chi connectivity index (χ2v) is 5.40. The number of carbonyl (C=O) groups is 1. The molecular formula is C15H20F2N2O. The SMILES string of the molecule is Cc1ccc(F)c(C(=O)NC(C)C2CCNCC2)c1F. The van der Waals surface area contributed by atoms with Crippen LogP contribution < -0.4 is 10.6 Å². The summed E-state index contributed by atoms with van der Waals surface area (Å²) in [4.78, 5) is 12.1. The van der Waals surface area contributed by atoms with E-state index >= 15 is 0 Å². The van der Waals surface area contributed by atoms with E-state index in [-0.39, 0.29) is 11.6 Å². The summed E-state index contributed by atoms with van der Waals surface area (Å²) in [5.74, 6) is -1.92. The maximum atomic E-state index is 13.9. The van der Waals surface area contributed by atoms with Crippen molar-refractivity contribution in [1.82, 2.24) is 10.6 Å². The molecule has 2 N–H and O–H groups in total. The minimum Gasteiger partial charge on any atom is -0.349 e. The Labute approximate surface area is 117 Å². The number of aryl methyl sites for hydroxylation is 1. The van der Waals surface area contributed by atoms with Gasteiger partial charge in [0.25, 0.3) is 5.91 Å². The number of amides is 1. The lowest BCUT2D eigenvalue weighted by atomic mass is 9.91. The summed E-state index contributed by atoms with van der Waals surface area (Å²) in [6.07, 6.45) is 1.92. The Kier molecular flexibility index (Phi) is 4.70. The summed E-state index contributed by atoms with van der Waals surface area (Å²) in [6, 6.07) is 2.36. The Morgan fingerprint density at radius 3 is 2.65 bits per heavy atom. The highest BCUT2D eigenvalue weighted by Gasteiger charge is 2.25. The molecule has 1 saturated heterocycles. The van der Waals surface area contributed by atoms with Crippen LogP contribution in [0.1, 0.15) is 35.7 Å². The van der Waals surface area contributed by atoms with Crippen LogP contribution in [0.2, 0.25) is 0 Å². The minimum absolute atomic E-state index is 0.0936. The van der Waals surface area contributed by atoms with E-state index in [0.717, 1.165) is 32.0 Å². The summed E-state index contributed by atoms with van der Waals surface area (Å²) < 4.78 is 27.6. The van der Waals surface area contributed by atoms with Crippen molar-refractivity contribution in [2.75, 3.05) is 13.1 Å². The van der Waals surface area contributed by atoms with Gasteiger partial charge in [0, 0.05) is 6.04 Å². The maximum absolute atomic E-state index is 13.9. The first kappa shape index (κ1) is 14.9. The lowest BCUT2D eigenvalue weighted by Gasteiger charge is -2.29. The lowest BCUT2D eigenvalue weighted by molar-refractivity contribution is 0.0912. The van der Waals surface area contributed by atoms with Gasteiger partial charge in [0.05, 0.1) is 0 Å². The number of hydrogen-bond donors (Lipinski definition) is 2. The van der Waals surface area contributed by atoms with Gasteiger partial charge in [0.2, 0.25) is 0 Å². The zero-order valence-corrected chi connectivity index (χ0v) is 11.8. The molecule has 0 saturated carbocycles. The molecule has 0 bridgehead atoms. The van der Waals surface area contributed by atoms with Crippen LogP contribution in [0.3, 0.4) is 0 Å². The molecule has 0 spiro atoms. The molecule has 1 aliphatic rings. The molecule has 1 heterocycles. The third-order valence-corrected chi connectivity index (χ3v) is 3.96. The van der Waals surface area contributed by atoms with Crippen LogP contribution in [0.5, 0.6) is 0 Å². The van der Waals surface area contributed by atoms with Gasteiger partial charge in [0.1, 0.15) is 17.2 Å². The number of hydrogen-bond acceptors (Lipinski definition) is 2. The van der Waals surface area contributed by atoms with Gasteiger partial charge < -0.3 is 10.6 Å². The molecule has 1 unspecified atom stereocenters. The molecular weight excluding hydrogens is 262 g/mol. The molecule has 0 aromatic heterocycles. The quantitative estimate of drug-likeness (QED) is 0.894. The van der Waals surface area contributed by atoms with Crippen LogP contribution >= 0.6 is 0 Å². The molecule has 2 rings (SSSR count). The topological polar surface area (TPSA) is 41.1 Å². The van der Waals surface area contributed by atoms with Crippen LogP contribution in [-0.4, -0.2) is 25.0 Å². The fourth-order valence-electron chi connectivity index (χ4n) is 2.61. The van der Waals surface area contributed by atoms with Gasteiger partial charge in [-0.25, -0.2) is 8.78 Å². The Hall–Kier alpha value is -1.49. The molecule has 1 aromatic rings. The van der Waals surface area contributed by atoms with E-state index in [1.165, 1.54) is 13.0 Å². The van der Waals surface area contributed by atoms with Crippen LogP contribution in [0.25, 0.3) is 0 Å². The first-order valence-corrected chi connectivity index (χ1v) is 6.97. The predicted octanol–water partition coefficient (Wildman–Crippen LogP) is 2.39. The van der Waals surface area contributed by atoms with Crippen molar-refractivity contribution in [2.45, 2.75) is 32.7 Å². The van der Waals surface area contributed by atoms with Crippen LogP contribution in [0, 0.1) is 24.5 Å². The van der Waals surface area contributed by atoms with Gasteiger partial charge in [-0.15, -0.1) is 0 Å². The van der Waals surface area contributed by atoms with E-state index in [0.29, 0.717) is 5.92 Å². The summed E-state index contributed by atoms with van der Waals surface area (Å²) in [7, 11) is 0. The van der Waals surface area contributed by atoms with Gasteiger partial charge in [-0.3, -0.25) is 4.79 Å². The number of rotatable bonds is 3.